The fourth-order valence-electron chi connectivity index (χ4n) is 2.26. The second-order valence-electron chi connectivity index (χ2n) is 5.69. The van der Waals surface area contributed by atoms with Crippen molar-refractivity contribution in [3.8, 4) is 5.75 Å². The Balaban J connectivity index is 2.79. The number of phenolic OH excluding ortho intramolecular Hbond substituents is 1. The average Bonchev–Trinajstić information content (AvgIpc) is 2.34. The Bertz CT molecular complexity index is 390. The van der Waals surface area contributed by atoms with Crippen molar-refractivity contribution in [2.24, 2.45) is 5.92 Å². The summed E-state index contributed by atoms with van der Waals surface area (Å²) in [5, 5.41) is 13.6. The number of nitrogens with zero attached hydrogens (tertiary/aromatic N) is 1. The lowest BCUT2D eigenvalue weighted by molar-refractivity contribution is 0.452. The van der Waals surface area contributed by atoms with Crippen LogP contribution in [0.15, 0.2) is 18.2 Å². The van der Waals surface area contributed by atoms with Gasteiger partial charge in [-0.25, -0.2) is 0 Å². The van der Waals surface area contributed by atoms with Crippen molar-refractivity contribution in [2.75, 3.05) is 25.0 Å². The maximum Gasteiger partial charge on any atom is 0.122 e. The number of phenols is 1. The van der Waals surface area contributed by atoms with Crippen LogP contribution in [0.5, 0.6) is 5.75 Å². The van der Waals surface area contributed by atoms with Crippen LogP contribution in [0.4, 0.5) is 5.69 Å². The standard InChI is InChI=1S/C16H28N2O/c1-6-9-17-13(4)15-8-7-14(10-16(15)19)18(5)11-12(2)3/h7-8,10,12-13,17,19H,6,9,11H2,1-5H3. The van der Waals surface area contributed by atoms with E-state index in [9.17, 15) is 5.11 Å². The molecule has 3 heteroatoms. The fraction of sp³-hybridized carbons (Fsp3) is 0.625. The van der Waals surface area contributed by atoms with Crippen LogP contribution in [-0.2, 0) is 0 Å². The molecule has 0 aliphatic carbocycles. The molecule has 1 aromatic rings. The normalized spacial score (nSPS) is 12.7. The molecule has 0 amide bonds. The van der Waals surface area contributed by atoms with Crippen molar-refractivity contribution in [3.05, 3.63) is 23.8 Å². The van der Waals surface area contributed by atoms with Crippen LogP contribution in [-0.4, -0.2) is 25.2 Å². The van der Waals surface area contributed by atoms with Gasteiger partial charge in [0.2, 0.25) is 0 Å². The van der Waals surface area contributed by atoms with E-state index in [-0.39, 0.29) is 6.04 Å². The van der Waals surface area contributed by atoms with Crippen LogP contribution in [0, 0.1) is 5.92 Å². The lowest BCUT2D eigenvalue weighted by Crippen LogP contribution is -2.23. The average molecular weight is 264 g/mol. The van der Waals surface area contributed by atoms with Gasteiger partial charge in [-0.15, -0.1) is 0 Å². The van der Waals surface area contributed by atoms with E-state index in [0.717, 1.165) is 30.8 Å². The molecule has 0 fully saturated rings. The van der Waals surface area contributed by atoms with Crippen molar-refractivity contribution in [3.63, 3.8) is 0 Å². The van der Waals surface area contributed by atoms with Crippen LogP contribution in [0.3, 0.4) is 0 Å². The van der Waals surface area contributed by atoms with Gasteiger partial charge in [-0.1, -0.05) is 26.8 Å². The zero-order valence-corrected chi connectivity index (χ0v) is 12.9. The summed E-state index contributed by atoms with van der Waals surface area (Å²) in [7, 11) is 2.06. The van der Waals surface area contributed by atoms with Crippen molar-refractivity contribution in [2.45, 2.75) is 40.2 Å². The van der Waals surface area contributed by atoms with Crippen molar-refractivity contribution >= 4 is 5.69 Å². The number of nitrogens with one attached hydrogen (secondary N) is 1. The molecule has 0 bridgehead atoms. The van der Waals surface area contributed by atoms with Crippen molar-refractivity contribution in [1.82, 2.24) is 5.32 Å². The molecular weight excluding hydrogens is 236 g/mol. The first-order valence-electron chi connectivity index (χ1n) is 7.23. The van der Waals surface area contributed by atoms with E-state index in [1.54, 1.807) is 0 Å². The highest BCUT2D eigenvalue weighted by Gasteiger charge is 2.12. The zero-order chi connectivity index (χ0) is 14.4. The Labute approximate surface area is 117 Å². The van der Waals surface area contributed by atoms with Crippen LogP contribution < -0.4 is 10.2 Å². The molecule has 108 valence electrons. The summed E-state index contributed by atoms with van der Waals surface area (Å²) in [5.74, 6) is 0.987. The van der Waals surface area contributed by atoms with E-state index >= 15 is 0 Å². The van der Waals surface area contributed by atoms with Gasteiger partial charge in [0.05, 0.1) is 0 Å². The fourth-order valence-corrected chi connectivity index (χ4v) is 2.26. The van der Waals surface area contributed by atoms with Gasteiger partial charge in [-0.05, 0) is 31.9 Å². The second-order valence-corrected chi connectivity index (χ2v) is 5.69. The molecular formula is C16H28N2O. The smallest absolute Gasteiger partial charge is 0.122 e. The molecule has 19 heavy (non-hydrogen) atoms. The Morgan fingerprint density at radius 1 is 1.26 bits per heavy atom. The topological polar surface area (TPSA) is 35.5 Å². The maximum atomic E-state index is 10.2. The molecule has 0 saturated carbocycles. The molecule has 0 aliphatic heterocycles. The summed E-state index contributed by atoms with van der Waals surface area (Å²) < 4.78 is 0. The predicted octanol–water partition coefficient (Wildman–Crippen LogP) is 3.55. The minimum Gasteiger partial charge on any atom is -0.508 e. The van der Waals surface area contributed by atoms with Crippen LogP contribution in [0.25, 0.3) is 0 Å². The van der Waals surface area contributed by atoms with Gasteiger partial charge < -0.3 is 15.3 Å². The Morgan fingerprint density at radius 3 is 2.47 bits per heavy atom. The molecule has 1 unspecified atom stereocenters. The van der Waals surface area contributed by atoms with Crippen molar-refractivity contribution in [1.29, 1.82) is 0 Å². The molecule has 0 spiro atoms. The highest BCUT2D eigenvalue weighted by atomic mass is 16.3. The van der Waals surface area contributed by atoms with Crippen LogP contribution >= 0.6 is 0 Å². The number of anilines is 1. The number of hydrogen-bond acceptors (Lipinski definition) is 3. The zero-order valence-electron chi connectivity index (χ0n) is 12.9. The summed E-state index contributed by atoms with van der Waals surface area (Å²) in [5.41, 5.74) is 2.03. The monoisotopic (exact) mass is 264 g/mol. The largest absolute Gasteiger partial charge is 0.508 e. The molecule has 0 radical (unpaired) electrons. The van der Waals surface area contributed by atoms with Crippen LogP contribution in [0.1, 0.15) is 45.7 Å². The van der Waals surface area contributed by atoms with Gasteiger partial charge >= 0.3 is 0 Å². The highest BCUT2D eigenvalue weighted by molar-refractivity contribution is 5.53. The predicted molar refractivity (Wildman–Crippen MR) is 82.9 cm³/mol. The number of hydrogen-bond donors (Lipinski definition) is 2. The molecule has 3 nitrogen and oxygen atoms in total. The van der Waals surface area contributed by atoms with Gasteiger partial charge in [-0.2, -0.15) is 0 Å². The first-order valence-corrected chi connectivity index (χ1v) is 7.23. The molecule has 1 aromatic carbocycles. The van der Waals surface area contributed by atoms with Gasteiger partial charge in [0, 0.05) is 37.0 Å². The van der Waals surface area contributed by atoms with E-state index in [1.807, 2.05) is 12.1 Å². The summed E-state index contributed by atoms with van der Waals surface area (Å²) in [6, 6.07) is 6.16. The third kappa shape index (κ3) is 4.75. The van der Waals surface area contributed by atoms with E-state index in [4.69, 9.17) is 0 Å². The van der Waals surface area contributed by atoms with E-state index in [1.165, 1.54) is 0 Å². The van der Waals surface area contributed by atoms with Gasteiger partial charge in [0.15, 0.2) is 0 Å². The molecule has 0 aromatic heterocycles. The molecule has 2 N–H and O–H groups in total. The van der Waals surface area contributed by atoms with Gasteiger partial charge in [-0.3, -0.25) is 0 Å². The molecule has 1 rings (SSSR count). The van der Waals surface area contributed by atoms with Gasteiger partial charge in [0.25, 0.3) is 0 Å². The lowest BCUT2D eigenvalue weighted by Gasteiger charge is -2.23. The summed E-state index contributed by atoms with van der Waals surface area (Å²) in [6.45, 7) is 10.6. The summed E-state index contributed by atoms with van der Waals surface area (Å²) in [6.07, 6.45) is 1.10. The Morgan fingerprint density at radius 2 is 1.95 bits per heavy atom. The molecule has 0 aliphatic rings. The quantitative estimate of drug-likeness (QED) is 0.790. The second kappa shape index (κ2) is 7.39. The Kier molecular flexibility index (Phi) is 6.16. The summed E-state index contributed by atoms with van der Waals surface area (Å²) in [4.78, 5) is 2.18. The minimum atomic E-state index is 0.185. The lowest BCUT2D eigenvalue weighted by atomic mass is 10.1. The van der Waals surface area contributed by atoms with Gasteiger partial charge in [0.1, 0.15) is 5.75 Å². The highest BCUT2D eigenvalue weighted by Crippen LogP contribution is 2.28. The number of aromatic hydroxyl groups is 1. The SMILES string of the molecule is CCCNC(C)c1ccc(N(C)CC(C)C)cc1O. The summed E-state index contributed by atoms with van der Waals surface area (Å²) >= 11 is 0. The van der Waals surface area contributed by atoms with E-state index < -0.39 is 0 Å². The minimum absolute atomic E-state index is 0.185. The first-order chi connectivity index (χ1) is 8.95. The first kappa shape index (κ1) is 15.8. The van der Waals surface area contributed by atoms with E-state index in [2.05, 4.69) is 51.0 Å². The molecule has 1 atom stereocenters. The Hall–Kier alpha value is -1.22. The van der Waals surface area contributed by atoms with Crippen molar-refractivity contribution < 1.29 is 5.11 Å². The molecule has 0 saturated heterocycles. The van der Waals surface area contributed by atoms with E-state index in [0.29, 0.717) is 11.7 Å². The third-order valence-electron chi connectivity index (χ3n) is 3.26. The third-order valence-corrected chi connectivity index (χ3v) is 3.26. The van der Waals surface area contributed by atoms with Crippen LogP contribution in [0.2, 0.25) is 0 Å². The number of benzene rings is 1. The molecule has 0 heterocycles. The maximum absolute atomic E-state index is 10.2. The number of rotatable bonds is 7.